The summed E-state index contributed by atoms with van der Waals surface area (Å²) in [4.78, 5) is 22.7. The number of hydrogen-bond acceptors (Lipinski definition) is 3. The Hall–Kier alpha value is -3.51. The van der Waals surface area contributed by atoms with E-state index in [-0.39, 0.29) is 11.4 Å². The molecule has 0 saturated carbocycles. The zero-order valence-electron chi connectivity index (χ0n) is 16.9. The van der Waals surface area contributed by atoms with E-state index in [0.717, 1.165) is 28.0 Å². The van der Waals surface area contributed by atoms with Crippen molar-refractivity contribution in [1.82, 2.24) is 19.1 Å². The van der Waals surface area contributed by atoms with Crippen LogP contribution in [-0.4, -0.2) is 19.1 Å². The molecule has 5 rings (SSSR count). The molecule has 0 fully saturated rings. The molecule has 0 saturated heterocycles. The molecule has 0 aliphatic rings. The Labute approximate surface area is 182 Å². The maximum absolute atomic E-state index is 13.6. The van der Waals surface area contributed by atoms with Gasteiger partial charge in [0.1, 0.15) is 11.6 Å². The monoisotopic (exact) mass is 432 g/mol. The minimum Gasteiger partial charge on any atom is -0.330 e. The van der Waals surface area contributed by atoms with Crippen molar-refractivity contribution in [3.8, 4) is 5.69 Å². The fourth-order valence-electron chi connectivity index (χ4n) is 4.00. The highest BCUT2D eigenvalue weighted by Gasteiger charge is 2.20. The van der Waals surface area contributed by atoms with Gasteiger partial charge in [-0.05, 0) is 55.0 Å². The highest BCUT2D eigenvalue weighted by molar-refractivity contribution is 6.31. The van der Waals surface area contributed by atoms with Crippen molar-refractivity contribution in [3.05, 3.63) is 99.1 Å². The van der Waals surface area contributed by atoms with E-state index in [2.05, 4.69) is 4.98 Å². The van der Waals surface area contributed by atoms with Crippen LogP contribution in [0, 0.1) is 12.7 Å². The lowest BCUT2D eigenvalue weighted by Crippen LogP contribution is -2.20. The molecule has 5 aromatic rings. The van der Waals surface area contributed by atoms with E-state index in [1.54, 1.807) is 41.1 Å². The van der Waals surface area contributed by atoms with Gasteiger partial charge in [0.2, 0.25) is 0 Å². The molecule has 154 valence electrons. The fraction of sp³-hybridized carbons (Fsp3) is 0.125. The zero-order valence-corrected chi connectivity index (χ0v) is 17.7. The van der Waals surface area contributed by atoms with Gasteiger partial charge in [0.15, 0.2) is 5.52 Å². The zero-order chi connectivity index (χ0) is 21.7. The van der Waals surface area contributed by atoms with Gasteiger partial charge in [-0.2, -0.15) is 0 Å². The molecular weight excluding hydrogens is 415 g/mol. The number of benzene rings is 2. The molecule has 0 N–H and O–H groups in total. The summed E-state index contributed by atoms with van der Waals surface area (Å²) in [5, 5.41) is 1.40. The van der Waals surface area contributed by atoms with Gasteiger partial charge in [-0.15, -0.1) is 0 Å². The third kappa shape index (κ3) is 3.20. The van der Waals surface area contributed by atoms with Crippen LogP contribution in [0.15, 0.2) is 65.6 Å². The first kappa shape index (κ1) is 19.5. The summed E-state index contributed by atoms with van der Waals surface area (Å²) in [7, 11) is 1.89. The molecule has 5 nitrogen and oxygen atoms in total. The highest BCUT2D eigenvalue weighted by atomic mass is 35.5. The van der Waals surface area contributed by atoms with Crippen molar-refractivity contribution in [2.75, 3.05) is 0 Å². The first-order valence-electron chi connectivity index (χ1n) is 9.80. The van der Waals surface area contributed by atoms with Crippen LogP contribution in [0.1, 0.15) is 17.1 Å². The lowest BCUT2D eigenvalue weighted by atomic mass is 10.1. The second-order valence-electron chi connectivity index (χ2n) is 7.50. The largest absolute Gasteiger partial charge is 0.330 e. The van der Waals surface area contributed by atoms with Crippen LogP contribution in [0.3, 0.4) is 0 Å². The number of rotatable bonds is 3. The van der Waals surface area contributed by atoms with Gasteiger partial charge in [0.05, 0.1) is 22.4 Å². The van der Waals surface area contributed by atoms with Gasteiger partial charge in [-0.3, -0.25) is 14.3 Å². The summed E-state index contributed by atoms with van der Waals surface area (Å²) < 4.78 is 16.8. The lowest BCUT2D eigenvalue weighted by Gasteiger charge is -2.14. The molecule has 0 radical (unpaired) electrons. The van der Waals surface area contributed by atoms with Crippen LogP contribution in [-0.2, 0) is 13.5 Å². The summed E-state index contributed by atoms with van der Waals surface area (Å²) in [5.41, 5.74) is 3.90. The summed E-state index contributed by atoms with van der Waals surface area (Å²) in [6.07, 6.45) is 2.17. The molecular formula is C24H18ClFN4O. The average molecular weight is 433 g/mol. The Bertz CT molecular complexity index is 1520. The predicted molar refractivity (Wildman–Crippen MR) is 121 cm³/mol. The highest BCUT2D eigenvalue weighted by Crippen LogP contribution is 2.29. The van der Waals surface area contributed by atoms with Crippen LogP contribution >= 0.6 is 11.6 Å². The number of hydrogen-bond donors (Lipinski definition) is 0. The number of nitrogens with zero attached hydrogens (tertiary/aromatic N) is 4. The maximum Gasteiger partial charge on any atom is 0.283 e. The van der Waals surface area contributed by atoms with E-state index >= 15 is 0 Å². The van der Waals surface area contributed by atoms with Crippen LogP contribution in [0.5, 0.6) is 0 Å². The minimum absolute atomic E-state index is 0.234. The SMILES string of the molecule is Cc1ncccc1-n1c(=O)c2nc(Cc3ccc(F)cc3)n(C)c2c2ccc(Cl)cc21. The number of aromatic nitrogens is 4. The van der Waals surface area contributed by atoms with E-state index in [0.29, 0.717) is 28.2 Å². The fourth-order valence-corrected chi connectivity index (χ4v) is 4.17. The Balaban J connectivity index is 1.84. The van der Waals surface area contributed by atoms with Crippen LogP contribution in [0.25, 0.3) is 27.6 Å². The van der Waals surface area contributed by atoms with Gasteiger partial charge in [-0.1, -0.05) is 23.7 Å². The second kappa shape index (κ2) is 7.32. The van der Waals surface area contributed by atoms with Crippen LogP contribution < -0.4 is 5.56 Å². The quantitative estimate of drug-likeness (QED) is 0.404. The van der Waals surface area contributed by atoms with Crippen molar-refractivity contribution < 1.29 is 4.39 Å². The van der Waals surface area contributed by atoms with Gasteiger partial charge < -0.3 is 4.57 Å². The molecule has 0 aliphatic heterocycles. The first-order valence-corrected chi connectivity index (χ1v) is 10.2. The predicted octanol–water partition coefficient (Wildman–Crippen LogP) is 4.96. The van der Waals surface area contributed by atoms with Crippen molar-refractivity contribution >= 4 is 33.5 Å². The third-order valence-corrected chi connectivity index (χ3v) is 5.78. The lowest BCUT2D eigenvalue weighted by molar-refractivity contribution is 0.627. The Morgan fingerprint density at radius 1 is 1.10 bits per heavy atom. The van der Waals surface area contributed by atoms with Crippen molar-refractivity contribution in [2.24, 2.45) is 7.05 Å². The van der Waals surface area contributed by atoms with Gasteiger partial charge in [0, 0.05) is 30.1 Å². The third-order valence-electron chi connectivity index (χ3n) is 5.54. The molecule has 0 amide bonds. The van der Waals surface area contributed by atoms with E-state index in [1.165, 1.54) is 12.1 Å². The Morgan fingerprint density at radius 2 is 1.87 bits per heavy atom. The standard InChI is InChI=1S/C24H18ClFN4O/c1-14-19(4-3-11-27-14)30-20-13-16(25)7-10-18(20)23-22(24(30)31)28-21(29(23)2)12-15-5-8-17(26)9-6-15/h3-11,13H,12H2,1-2H3. The van der Waals surface area contributed by atoms with Crippen molar-refractivity contribution in [2.45, 2.75) is 13.3 Å². The van der Waals surface area contributed by atoms with E-state index in [1.807, 2.05) is 30.7 Å². The maximum atomic E-state index is 13.6. The van der Waals surface area contributed by atoms with Gasteiger partial charge in [0.25, 0.3) is 5.56 Å². The second-order valence-corrected chi connectivity index (χ2v) is 7.93. The van der Waals surface area contributed by atoms with Crippen molar-refractivity contribution in [3.63, 3.8) is 0 Å². The van der Waals surface area contributed by atoms with Crippen molar-refractivity contribution in [1.29, 1.82) is 0 Å². The molecule has 0 bridgehead atoms. The van der Waals surface area contributed by atoms with Crippen LogP contribution in [0.4, 0.5) is 4.39 Å². The molecule has 0 unspecified atom stereocenters. The summed E-state index contributed by atoms with van der Waals surface area (Å²) in [5.74, 6) is 0.432. The van der Waals surface area contributed by atoms with Gasteiger partial charge in [-0.25, -0.2) is 9.37 Å². The molecule has 7 heteroatoms. The topological polar surface area (TPSA) is 52.7 Å². The normalized spacial score (nSPS) is 11.5. The summed E-state index contributed by atoms with van der Waals surface area (Å²) in [6, 6.07) is 15.5. The van der Waals surface area contributed by atoms with E-state index in [4.69, 9.17) is 16.6 Å². The minimum atomic E-state index is -0.286. The summed E-state index contributed by atoms with van der Waals surface area (Å²) in [6.45, 7) is 1.86. The number of imidazole rings is 1. The number of halogens is 2. The first-order chi connectivity index (χ1) is 14.9. The molecule has 0 spiro atoms. The van der Waals surface area contributed by atoms with Gasteiger partial charge >= 0.3 is 0 Å². The number of aryl methyl sites for hydroxylation is 2. The molecule has 3 heterocycles. The Kier molecular flexibility index (Phi) is 4.59. The Morgan fingerprint density at radius 3 is 2.61 bits per heavy atom. The summed E-state index contributed by atoms with van der Waals surface area (Å²) >= 11 is 6.30. The number of fused-ring (bicyclic) bond motifs is 3. The van der Waals surface area contributed by atoms with Crippen LogP contribution in [0.2, 0.25) is 5.02 Å². The molecule has 0 aliphatic carbocycles. The van der Waals surface area contributed by atoms with E-state index in [9.17, 15) is 9.18 Å². The smallest absolute Gasteiger partial charge is 0.283 e. The number of pyridine rings is 2. The van der Waals surface area contributed by atoms with E-state index < -0.39 is 0 Å². The molecule has 3 aromatic heterocycles. The molecule has 0 atom stereocenters. The molecule has 31 heavy (non-hydrogen) atoms. The average Bonchev–Trinajstić information content (AvgIpc) is 3.08. The molecule has 2 aromatic carbocycles.